The molecule has 0 spiro atoms. The van der Waals surface area contributed by atoms with Gasteiger partial charge in [-0.05, 0) is 42.5 Å². The van der Waals surface area contributed by atoms with Gasteiger partial charge in [0, 0.05) is 30.9 Å². The maximum Gasteiger partial charge on any atom is 0.255 e. The van der Waals surface area contributed by atoms with Gasteiger partial charge in [0.05, 0.1) is 11.3 Å². The van der Waals surface area contributed by atoms with Gasteiger partial charge >= 0.3 is 0 Å². The summed E-state index contributed by atoms with van der Waals surface area (Å²) in [6.07, 6.45) is 10.8. The molecule has 0 aliphatic heterocycles. The molecule has 3 heteroatoms. The molecule has 0 heterocycles. The van der Waals surface area contributed by atoms with Crippen molar-refractivity contribution in [1.82, 2.24) is 4.90 Å². The van der Waals surface area contributed by atoms with Crippen LogP contribution >= 0.6 is 0 Å². The predicted octanol–water partition coefficient (Wildman–Crippen LogP) is 3.09. The molecule has 22 heavy (non-hydrogen) atoms. The van der Waals surface area contributed by atoms with Crippen LogP contribution in [0.25, 0.3) is 0 Å². The molecule has 2 aromatic carbocycles. The van der Waals surface area contributed by atoms with Crippen LogP contribution in [0.4, 0.5) is 11.4 Å². The average Bonchev–Trinajstić information content (AvgIpc) is 2.54. The summed E-state index contributed by atoms with van der Waals surface area (Å²) >= 11 is 0. The van der Waals surface area contributed by atoms with Crippen LogP contribution in [0.5, 0.6) is 0 Å². The summed E-state index contributed by atoms with van der Waals surface area (Å²) in [5.41, 5.74) is 3.57. The van der Waals surface area contributed by atoms with Crippen LogP contribution in [-0.2, 0) is 0 Å². The first-order chi connectivity index (χ1) is 10.5. The van der Waals surface area contributed by atoms with E-state index in [1.165, 1.54) is 4.90 Å². The molecule has 0 saturated heterocycles. The van der Waals surface area contributed by atoms with Crippen molar-refractivity contribution in [2.45, 2.75) is 0 Å². The minimum atomic E-state index is -0.0914. The fourth-order valence-electron chi connectivity index (χ4n) is 1.97. The monoisotopic (exact) mass is 288 g/mol. The van der Waals surface area contributed by atoms with E-state index in [0.717, 1.165) is 11.3 Å². The number of rotatable bonds is 3. The van der Waals surface area contributed by atoms with Crippen molar-refractivity contribution in [3.05, 3.63) is 59.2 Å². The third-order valence-corrected chi connectivity index (χ3v) is 3.15. The van der Waals surface area contributed by atoms with Gasteiger partial charge in [-0.1, -0.05) is 11.8 Å². The maximum atomic E-state index is 12.3. The summed E-state index contributed by atoms with van der Waals surface area (Å²) in [7, 11) is 3.42. The first kappa shape index (κ1) is 15.2. The lowest BCUT2D eigenvalue weighted by molar-refractivity contribution is 0.0828. The highest BCUT2D eigenvalue weighted by Crippen LogP contribution is 2.23. The van der Waals surface area contributed by atoms with Crippen LogP contribution in [0, 0.1) is 24.7 Å². The fourth-order valence-corrected chi connectivity index (χ4v) is 1.97. The Hall–Kier alpha value is -3.17. The predicted molar refractivity (Wildman–Crippen MR) is 90.1 cm³/mol. The Labute approximate surface area is 131 Å². The first-order valence-corrected chi connectivity index (χ1v) is 6.71. The van der Waals surface area contributed by atoms with Gasteiger partial charge in [-0.15, -0.1) is 12.8 Å². The highest BCUT2D eigenvalue weighted by atomic mass is 16.2. The normalized spacial score (nSPS) is 9.45. The number of carbonyl (C=O) groups is 1. The van der Waals surface area contributed by atoms with Crippen molar-refractivity contribution in [2.24, 2.45) is 0 Å². The zero-order valence-electron chi connectivity index (χ0n) is 12.6. The molecule has 108 valence electrons. The van der Waals surface area contributed by atoms with Crippen LogP contribution in [-0.4, -0.2) is 24.9 Å². The molecular weight excluding hydrogens is 272 g/mol. The summed E-state index contributed by atoms with van der Waals surface area (Å²) in [5, 5.41) is 3.22. The van der Waals surface area contributed by atoms with E-state index < -0.39 is 0 Å². The van der Waals surface area contributed by atoms with Crippen molar-refractivity contribution in [2.75, 3.05) is 19.4 Å². The number of terminal acetylenes is 2. The molecule has 0 aliphatic rings. The quantitative estimate of drug-likeness (QED) is 0.880. The molecule has 0 fully saturated rings. The third-order valence-electron chi connectivity index (χ3n) is 3.15. The van der Waals surface area contributed by atoms with E-state index in [0.29, 0.717) is 16.8 Å². The highest BCUT2D eigenvalue weighted by Gasteiger charge is 2.14. The van der Waals surface area contributed by atoms with Crippen molar-refractivity contribution in [1.29, 1.82) is 0 Å². The van der Waals surface area contributed by atoms with E-state index in [9.17, 15) is 4.79 Å². The molecule has 1 N–H and O–H groups in total. The lowest BCUT2D eigenvalue weighted by atomic mass is 10.1. The lowest BCUT2D eigenvalue weighted by Gasteiger charge is -2.16. The third kappa shape index (κ3) is 3.29. The van der Waals surface area contributed by atoms with E-state index in [4.69, 9.17) is 12.8 Å². The Kier molecular flexibility index (Phi) is 4.51. The second kappa shape index (κ2) is 6.52. The Bertz CT molecular complexity index is 775. The standard InChI is InChI=1S/C19H16N2O/c1-5-14-7-10-16(11-8-14)20-18-13-15(6-2)9-12-17(18)19(22)21(3)4/h1-2,7-13,20H,3-4H3. The van der Waals surface area contributed by atoms with E-state index in [-0.39, 0.29) is 5.91 Å². The SMILES string of the molecule is C#Cc1ccc(Nc2cc(C#C)ccc2C(=O)N(C)C)cc1. The number of carbonyl (C=O) groups excluding carboxylic acids is 1. The van der Waals surface area contributed by atoms with Crippen LogP contribution in [0.1, 0.15) is 21.5 Å². The van der Waals surface area contributed by atoms with Gasteiger partial charge < -0.3 is 10.2 Å². The first-order valence-electron chi connectivity index (χ1n) is 6.71. The zero-order chi connectivity index (χ0) is 16.1. The summed E-state index contributed by atoms with van der Waals surface area (Å²) in [6.45, 7) is 0. The van der Waals surface area contributed by atoms with E-state index in [1.807, 2.05) is 24.3 Å². The lowest BCUT2D eigenvalue weighted by Crippen LogP contribution is -2.22. The molecule has 0 aromatic heterocycles. The minimum Gasteiger partial charge on any atom is -0.355 e. The molecule has 0 atom stereocenters. The molecule has 1 amide bonds. The van der Waals surface area contributed by atoms with E-state index in [2.05, 4.69) is 17.2 Å². The van der Waals surface area contributed by atoms with Crippen LogP contribution in [0.3, 0.4) is 0 Å². The Balaban J connectivity index is 2.41. The van der Waals surface area contributed by atoms with E-state index >= 15 is 0 Å². The number of nitrogens with one attached hydrogen (secondary N) is 1. The maximum absolute atomic E-state index is 12.3. The Morgan fingerprint density at radius 1 is 1.00 bits per heavy atom. The molecule has 0 radical (unpaired) electrons. The molecule has 3 nitrogen and oxygen atoms in total. The molecule has 0 saturated carbocycles. The number of hydrogen-bond acceptors (Lipinski definition) is 2. The summed E-state index contributed by atoms with van der Waals surface area (Å²) in [5.74, 6) is 5.05. The van der Waals surface area contributed by atoms with Crippen molar-refractivity contribution in [3.8, 4) is 24.7 Å². The summed E-state index contributed by atoms with van der Waals surface area (Å²) in [6, 6.07) is 12.7. The summed E-state index contributed by atoms with van der Waals surface area (Å²) in [4.78, 5) is 13.8. The van der Waals surface area contributed by atoms with Crippen molar-refractivity contribution in [3.63, 3.8) is 0 Å². The van der Waals surface area contributed by atoms with Gasteiger partial charge in [0.1, 0.15) is 0 Å². The van der Waals surface area contributed by atoms with Gasteiger partial charge in [-0.2, -0.15) is 0 Å². The Morgan fingerprint density at radius 3 is 2.14 bits per heavy atom. The topological polar surface area (TPSA) is 32.3 Å². The number of anilines is 2. The highest BCUT2D eigenvalue weighted by molar-refractivity contribution is 6.00. The molecule has 0 aliphatic carbocycles. The number of hydrogen-bond donors (Lipinski definition) is 1. The van der Waals surface area contributed by atoms with Gasteiger partial charge in [0.25, 0.3) is 5.91 Å². The second-order valence-corrected chi connectivity index (χ2v) is 4.95. The molecule has 2 rings (SSSR count). The average molecular weight is 288 g/mol. The van der Waals surface area contributed by atoms with Crippen LogP contribution < -0.4 is 5.32 Å². The summed E-state index contributed by atoms with van der Waals surface area (Å²) < 4.78 is 0. The number of benzene rings is 2. The van der Waals surface area contributed by atoms with Gasteiger partial charge in [0.2, 0.25) is 0 Å². The fraction of sp³-hybridized carbons (Fsp3) is 0.105. The molecule has 2 aromatic rings. The number of amides is 1. The largest absolute Gasteiger partial charge is 0.355 e. The number of nitrogens with zero attached hydrogens (tertiary/aromatic N) is 1. The van der Waals surface area contributed by atoms with E-state index in [1.54, 1.807) is 32.3 Å². The molecule has 0 bridgehead atoms. The van der Waals surface area contributed by atoms with Crippen molar-refractivity contribution < 1.29 is 4.79 Å². The zero-order valence-corrected chi connectivity index (χ0v) is 12.6. The van der Waals surface area contributed by atoms with Gasteiger partial charge in [-0.25, -0.2) is 0 Å². The van der Waals surface area contributed by atoms with Gasteiger partial charge in [-0.3, -0.25) is 4.79 Å². The molecular formula is C19H16N2O. The molecule has 0 unspecified atom stereocenters. The second-order valence-electron chi connectivity index (χ2n) is 4.95. The minimum absolute atomic E-state index is 0.0914. The van der Waals surface area contributed by atoms with Crippen LogP contribution in [0.2, 0.25) is 0 Å². The van der Waals surface area contributed by atoms with Crippen molar-refractivity contribution >= 4 is 17.3 Å². The Morgan fingerprint density at radius 2 is 1.59 bits per heavy atom. The van der Waals surface area contributed by atoms with Gasteiger partial charge in [0.15, 0.2) is 0 Å². The van der Waals surface area contributed by atoms with Crippen LogP contribution in [0.15, 0.2) is 42.5 Å². The smallest absolute Gasteiger partial charge is 0.255 e.